The van der Waals surface area contributed by atoms with Gasteiger partial charge in [0.25, 0.3) is 0 Å². The van der Waals surface area contributed by atoms with Crippen LogP contribution in [0.25, 0.3) is 130 Å². The standard InChI is InChI=1S/C63H38N4OS/c1-2-11-37(12-3-1)38-21-23-41(24-22-38)61-64-62(44-28-32-57-52(34-44)47-17-8-9-20-56(47)69-57)66-63(65-61)49-18-10-19-54-58(49)59-50-36-45(29-25-40(50)27-31-55(59)68-54)67-53-35-43-15-5-4-14-42(43)33-51(53)48-30-26-39-13-6-7-16-46(39)60(48)67/h1-21,23-36,38H,22H2. The van der Waals surface area contributed by atoms with Crippen LogP contribution < -0.4 is 0 Å². The molecular weight excluding hydrogens is 861 g/mol. The van der Waals surface area contributed by atoms with Crippen LogP contribution in [0, 0.1) is 0 Å². The molecule has 15 rings (SSSR count). The zero-order valence-corrected chi connectivity index (χ0v) is 37.9. The molecule has 4 aromatic heterocycles. The Hall–Kier alpha value is -8.71. The highest BCUT2D eigenvalue weighted by Crippen LogP contribution is 2.44. The predicted molar refractivity (Wildman–Crippen MR) is 289 cm³/mol. The molecule has 1 aliphatic rings. The lowest BCUT2D eigenvalue weighted by Gasteiger charge is -2.17. The average molecular weight is 899 g/mol. The van der Waals surface area contributed by atoms with Crippen molar-refractivity contribution in [3.8, 4) is 28.5 Å². The minimum absolute atomic E-state index is 0.287. The lowest BCUT2D eigenvalue weighted by atomic mass is 9.90. The van der Waals surface area contributed by atoms with Crippen LogP contribution >= 0.6 is 11.3 Å². The van der Waals surface area contributed by atoms with E-state index < -0.39 is 0 Å². The van der Waals surface area contributed by atoms with Gasteiger partial charge in [-0.1, -0.05) is 152 Å². The summed E-state index contributed by atoms with van der Waals surface area (Å²) in [6, 6.07) is 69.9. The summed E-state index contributed by atoms with van der Waals surface area (Å²) in [4.78, 5) is 16.0. The van der Waals surface area contributed by atoms with Crippen molar-refractivity contribution in [3.05, 3.63) is 224 Å². The Labute approximate surface area is 399 Å². The van der Waals surface area contributed by atoms with Gasteiger partial charge >= 0.3 is 0 Å². The van der Waals surface area contributed by atoms with Crippen LogP contribution in [0.3, 0.4) is 0 Å². The van der Waals surface area contributed by atoms with Crippen LogP contribution in [0.1, 0.15) is 23.7 Å². The fourth-order valence-corrected chi connectivity index (χ4v) is 12.1. The molecule has 322 valence electrons. The van der Waals surface area contributed by atoms with Crippen molar-refractivity contribution in [2.45, 2.75) is 12.3 Å². The van der Waals surface area contributed by atoms with E-state index in [-0.39, 0.29) is 5.92 Å². The highest BCUT2D eigenvalue weighted by molar-refractivity contribution is 7.25. The highest BCUT2D eigenvalue weighted by Gasteiger charge is 2.23. The van der Waals surface area contributed by atoms with Gasteiger partial charge in [-0.2, -0.15) is 0 Å². The smallest absolute Gasteiger partial charge is 0.164 e. The first-order valence-corrected chi connectivity index (χ1v) is 24.3. The van der Waals surface area contributed by atoms with Gasteiger partial charge < -0.3 is 8.98 Å². The van der Waals surface area contributed by atoms with E-state index in [4.69, 9.17) is 19.4 Å². The number of furan rings is 1. The molecule has 14 aromatic rings. The number of allylic oxidation sites excluding steroid dienone is 4. The molecule has 0 saturated heterocycles. The Bertz CT molecular complexity index is 4540. The Morgan fingerprint density at radius 3 is 2.09 bits per heavy atom. The van der Waals surface area contributed by atoms with E-state index in [0.29, 0.717) is 17.5 Å². The van der Waals surface area contributed by atoms with Crippen molar-refractivity contribution in [2.24, 2.45) is 0 Å². The molecule has 1 unspecified atom stereocenters. The number of rotatable bonds is 5. The Morgan fingerprint density at radius 2 is 1.20 bits per heavy atom. The maximum absolute atomic E-state index is 6.80. The minimum Gasteiger partial charge on any atom is -0.456 e. The molecule has 6 heteroatoms. The zero-order valence-electron chi connectivity index (χ0n) is 37.1. The van der Waals surface area contributed by atoms with Crippen LogP contribution in [0.4, 0.5) is 0 Å². The second kappa shape index (κ2) is 14.9. The van der Waals surface area contributed by atoms with E-state index in [1.807, 2.05) is 11.3 Å². The van der Waals surface area contributed by atoms with E-state index in [1.54, 1.807) is 0 Å². The van der Waals surface area contributed by atoms with E-state index in [0.717, 1.165) is 61.5 Å². The van der Waals surface area contributed by atoms with Gasteiger partial charge in [0.2, 0.25) is 0 Å². The largest absolute Gasteiger partial charge is 0.456 e. The number of hydrogen-bond acceptors (Lipinski definition) is 5. The summed E-state index contributed by atoms with van der Waals surface area (Å²) in [6.45, 7) is 0. The summed E-state index contributed by atoms with van der Waals surface area (Å²) in [5.74, 6) is 2.17. The van der Waals surface area contributed by atoms with Crippen molar-refractivity contribution in [2.75, 3.05) is 0 Å². The molecule has 0 fully saturated rings. The van der Waals surface area contributed by atoms with Gasteiger partial charge in [0.05, 0.1) is 11.0 Å². The molecule has 69 heavy (non-hydrogen) atoms. The number of fused-ring (bicyclic) bond motifs is 14. The first kappa shape index (κ1) is 38.4. The highest BCUT2D eigenvalue weighted by atomic mass is 32.1. The number of thiophene rings is 1. The molecule has 0 radical (unpaired) electrons. The fourth-order valence-electron chi connectivity index (χ4n) is 11.0. The second-order valence-corrected chi connectivity index (χ2v) is 19.3. The molecule has 5 nitrogen and oxygen atoms in total. The monoisotopic (exact) mass is 898 g/mol. The van der Waals surface area contributed by atoms with Crippen LogP contribution in [-0.4, -0.2) is 19.5 Å². The van der Waals surface area contributed by atoms with Crippen molar-refractivity contribution in [3.63, 3.8) is 0 Å². The van der Waals surface area contributed by atoms with Crippen LogP contribution in [0.5, 0.6) is 0 Å². The first-order chi connectivity index (χ1) is 34.2. The number of aromatic nitrogens is 4. The zero-order chi connectivity index (χ0) is 45.2. The predicted octanol–water partition coefficient (Wildman–Crippen LogP) is 17.2. The third kappa shape index (κ3) is 5.99. The van der Waals surface area contributed by atoms with Gasteiger partial charge in [0.1, 0.15) is 11.2 Å². The maximum Gasteiger partial charge on any atom is 0.164 e. The molecule has 0 saturated carbocycles. The number of nitrogens with zero attached hydrogens (tertiary/aromatic N) is 4. The lowest BCUT2D eigenvalue weighted by Crippen LogP contribution is -2.05. The summed E-state index contributed by atoms with van der Waals surface area (Å²) in [5, 5.41) is 14.0. The third-order valence-corrected chi connectivity index (χ3v) is 15.5. The van der Waals surface area contributed by atoms with Crippen LogP contribution in [0.2, 0.25) is 0 Å². The van der Waals surface area contributed by atoms with Gasteiger partial charge in [-0.05, 0) is 99.6 Å². The van der Waals surface area contributed by atoms with Crippen LogP contribution in [-0.2, 0) is 0 Å². The van der Waals surface area contributed by atoms with Crippen LogP contribution in [0.15, 0.2) is 217 Å². The molecular formula is C63H38N4OS. The first-order valence-electron chi connectivity index (χ1n) is 23.5. The van der Waals surface area contributed by atoms with E-state index in [1.165, 1.54) is 69.1 Å². The Balaban J connectivity index is 0.962. The normalized spacial score (nSPS) is 14.2. The van der Waals surface area contributed by atoms with Crippen molar-refractivity contribution in [1.82, 2.24) is 19.5 Å². The van der Waals surface area contributed by atoms with Gasteiger partial charge in [0, 0.05) is 75.4 Å². The minimum atomic E-state index is 0.287. The quantitative estimate of drug-likeness (QED) is 0.173. The summed E-state index contributed by atoms with van der Waals surface area (Å²) in [7, 11) is 0. The summed E-state index contributed by atoms with van der Waals surface area (Å²) in [5.41, 5.74) is 9.18. The SMILES string of the molecule is C1=CC(c2ccccc2)CC=C1c1nc(-c2ccc3sc4ccccc4c3c2)nc(-c2cccc3oc4ccc5ccc(-n6c7cc8ccccc8cc7c7ccc8ccccc8c76)cc5c4c23)n1. The Morgan fingerprint density at radius 1 is 0.478 bits per heavy atom. The van der Waals surface area contributed by atoms with Gasteiger partial charge in [-0.15, -0.1) is 11.3 Å². The molecule has 10 aromatic carbocycles. The molecule has 0 bridgehead atoms. The lowest BCUT2D eigenvalue weighted by molar-refractivity contribution is 0.669. The number of benzene rings is 10. The van der Waals surface area contributed by atoms with E-state index in [9.17, 15) is 0 Å². The topological polar surface area (TPSA) is 56.7 Å². The second-order valence-electron chi connectivity index (χ2n) is 18.2. The van der Waals surface area contributed by atoms with E-state index >= 15 is 0 Å². The summed E-state index contributed by atoms with van der Waals surface area (Å²) >= 11 is 1.81. The van der Waals surface area contributed by atoms with Gasteiger partial charge in [-0.3, -0.25) is 0 Å². The third-order valence-electron chi connectivity index (χ3n) is 14.3. The van der Waals surface area contributed by atoms with Gasteiger partial charge in [0.15, 0.2) is 17.5 Å². The molecule has 0 aliphatic heterocycles. The molecule has 0 spiro atoms. The van der Waals surface area contributed by atoms with E-state index in [2.05, 4.69) is 217 Å². The van der Waals surface area contributed by atoms with Gasteiger partial charge in [-0.25, -0.2) is 15.0 Å². The Kier molecular flexibility index (Phi) is 8.29. The summed E-state index contributed by atoms with van der Waals surface area (Å²) < 4.78 is 11.8. The maximum atomic E-state index is 6.80. The molecule has 1 atom stereocenters. The molecule has 0 amide bonds. The molecule has 1 aliphatic carbocycles. The molecule has 4 heterocycles. The average Bonchev–Trinajstić information content (AvgIpc) is 4.10. The fraction of sp³-hybridized carbons (Fsp3) is 0.0317. The van der Waals surface area contributed by atoms with Crippen molar-refractivity contribution in [1.29, 1.82) is 0 Å². The molecule has 0 N–H and O–H groups in total. The van der Waals surface area contributed by atoms with Crippen molar-refractivity contribution >= 4 is 113 Å². The summed E-state index contributed by atoms with van der Waals surface area (Å²) in [6.07, 6.45) is 7.60. The van der Waals surface area contributed by atoms with Crippen molar-refractivity contribution < 1.29 is 4.42 Å². The number of hydrogen-bond donors (Lipinski definition) is 0.